The van der Waals surface area contributed by atoms with Crippen molar-refractivity contribution in [1.82, 2.24) is 10.2 Å². The molecule has 0 aliphatic carbocycles. The first-order valence-electron chi connectivity index (χ1n) is 9.21. The Bertz CT molecular complexity index is 844. The fourth-order valence-electron chi connectivity index (χ4n) is 3.49. The van der Waals surface area contributed by atoms with Gasteiger partial charge < -0.3 is 15.0 Å². The van der Waals surface area contributed by atoms with Gasteiger partial charge in [-0.3, -0.25) is 14.4 Å². The third-order valence-corrected chi connectivity index (χ3v) is 4.96. The number of rotatable bonds is 5. The molecule has 27 heavy (non-hydrogen) atoms. The van der Waals surface area contributed by atoms with Crippen molar-refractivity contribution in [2.24, 2.45) is 5.92 Å². The number of benzene rings is 2. The van der Waals surface area contributed by atoms with Crippen molar-refractivity contribution >= 4 is 28.6 Å². The molecule has 1 unspecified atom stereocenters. The summed E-state index contributed by atoms with van der Waals surface area (Å²) in [6.07, 6.45) is 1.67. The first kappa shape index (κ1) is 18.9. The van der Waals surface area contributed by atoms with Gasteiger partial charge in [-0.2, -0.15) is 0 Å². The highest BCUT2D eigenvalue weighted by Crippen LogP contribution is 2.23. The number of hydrogen-bond donors (Lipinski definition) is 1. The summed E-state index contributed by atoms with van der Waals surface area (Å²) >= 11 is 0. The molecule has 142 valence electrons. The number of piperidine rings is 1. The number of amides is 2. The quantitative estimate of drug-likeness (QED) is 0.822. The molecule has 6 nitrogen and oxygen atoms in total. The number of carbonyl (C=O) groups is 3. The van der Waals surface area contributed by atoms with Crippen LogP contribution in [0.15, 0.2) is 42.5 Å². The fraction of sp³-hybridized carbons (Fsp3) is 0.381. The van der Waals surface area contributed by atoms with E-state index >= 15 is 0 Å². The van der Waals surface area contributed by atoms with Crippen molar-refractivity contribution in [3.63, 3.8) is 0 Å². The van der Waals surface area contributed by atoms with Gasteiger partial charge in [0.15, 0.2) is 0 Å². The van der Waals surface area contributed by atoms with Crippen LogP contribution < -0.4 is 5.32 Å². The highest BCUT2D eigenvalue weighted by Gasteiger charge is 2.29. The minimum atomic E-state index is -0.355. The van der Waals surface area contributed by atoms with E-state index in [-0.39, 0.29) is 36.7 Å². The maximum atomic E-state index is 13.1. The molecule has 0 spiro atoms. The molecule has 1 saturated heterocycles. The number of ether oxygens (including phenoxy) is 1. The van der Waals surface area contributed by atoms with Crippen molar-refractivity contribution < 1.29 is 19.1 Å². The number of esters is 1. The van der Waals surface area contributed by atoms with Crippen molar-refractivity contribution in [2.45, 2.75) is 19.3 Å². The van der Waals surface area contributed by atoms with E-state index in [1.807, 2.05) is 42.5 Å². The summed E-state index contributed by atoms with van der Waals surface area (Å²) in [6, 6.07) is 13.5. The Morgan fingerprint density at radius 1 is 1.15 bits per heavy atom. The van der Waals surface area contributed by atoms with Crippen molar-refractivity contribution in [1.29, 1.82) is 0 Å². The van der Waals surface area contributed by atoms with E-state index in [9.17, 15) is 14.4 Å². The molecular formula is C21H24N2O4. The van der Waals surface area contributed by atoms with Crippen LogP contribution in [0, 0.1) is 5.92 Å². The minimum Gasteiger partial charge on any atom is -0.469 e. The Morgan fingerprint density at radius 3 is 2.74 bits per heavy atom. The van der Waals surface area contributed by atoms with Crippen LogP contribution >= 0.6 is 0 Å². The van der Waals surface area contributed by atoms with E-state index in [4.69, 9.17) is 0 Å². The van der Waals surface area contributed by atoms with Gasteiger partial charge in [-0.15, -0.1) is 0 Å². The second kappa shape index (κ2) is 8.66. The van der Waals surface area contributed by atoms with Crippen LogP contribution in [0.4, 0.5) is 0 Å². The second-order valence-electron chi connectivity index (χ2n) is 6.73. The minimum absolute atomic E-state index is 0.0427. The van der Waals surface area contributed by atoms with Crippen LogP contribution in [0.2, 0.25) is 0 Å². The van der Waals surface area contributed by atoms with Crippen LogP contribution in [0.5, 0.6) is 0 Å². The molecule has 2 amide bonds. The van der Waals surface area contributed by atoms with Crippen molar-refractivity contribution in [2.75, 3.05) is 26.7 Å². The van der Waals surface area contributed by atoms with Gasteiger partial charge in [0.25, 0.3) is 5.91 Å². The maximum Gasteiger partial charge on any atom is 0.307 e. The van der Waals surface area contributed by atoms with Gasteiger partial charge in [0.2, 0.25) is 5.91 Å². The fourth-order valence-corrected chi connectivity index (χ4v) is 3.49. The van der Waals surface area contributed by atoms with Crippen molar-refractivity contribution in [3.8, 4) is 0 Å². The highest BCUT2D eigenvalue weighted by atomic mass is 16.5. The van der Waals surface area contributed by atoms with E-state index in [1.165, 1.54) is 7.11 Å². The molecule has 2 aromatic rings. The lowest BCUT2D eigenvalue weighted by atomic mass is 9.95. The topological polar surface area (TPSA) is 75.7 Å². The van der Waals surface area contributed by atoms with Gasteiger partial charge in [0.05, 0.1) is 19.4 Å². The van der Waals surface area contributed by atoms with E-state index < -0.39 is 0 Å². The molecule has 1 fully saturated rings. The van der Waals surface area contributed by atoms with Crippen molar-refractivity contribution in [3.05, 3.63) is 48.0 Å². The monoisotopic (exact) mass is 368 g/mol. The lowest BCUT2D eigenvalue weighted by molar-refractivity contribution is -0.140. The predicted molar refractivity (Wildman–Crippen MR) is 102 cm³/mol. The molecule has 0 radical (unpaired) electrons. The number of hydrogen-bond acceptors (Lipinski definition) is 4. The smallest absolute Gasteiger partial charge is 0.307 e. The summed E-state index contributed by atoms with van der Waals surface area (Å²) in [5, 5.41) is 4.72. The van der Waals surface area contributed by atoms with E-state index in [1.54, 1.807) is 4.90 Å². The summed E-state index contributed by atoms with van der Waals surface area (Å²) < 4.78 is 4.57. The van der Waals surface area contributed by atoms with Gasteiger partial charge in [-0.05, 0) is 29.7 Å². The lowest BCUT2D eigenvalue weighted by Gasteiger charge is -2.32. The molecule has 1 aliphatic rings. The van der Waals surface area contributed by atoms with Gasteiger partial charge in [-0.25, -0.2) is 0 Å². The molecule has 0 bridgehead atoms. The summed E-state index contributed by atoms with van der Waals surface area (Å²) in [7, 11) is 1.32. The summed E-state index contributed by atoms with van der Waals surface area (Å²) in [6.45, 7) is 1.29. The molecule has 0 aromatic heterocycles. The molecule has 6 heteroatoms. The Kier molecular flexibility index (Phi) is 6.06. The Hall–Kier alpha value is -2.89. The summed E-state index contributed by atoms with van der Waals surface area (Å²) in [5.74, 6) is -0.768. The van der Waals surface area contributed by atoms with Gasteiger partial charge >= 0.3 is 5.97 Å². The number of likely N-dealkylation sites (tertiary alicyclic amines) is 1. The zero-order chi connectivity index (χ0) is 19.2. The lowest BCUT2D eigenvalue weighted by Crippen LogP contribution is -2.45. The molecule has 1 heterocycles. The molecule has 1 aliphatic heterocycles. The molecule has 2 aromatic carbocycles. The third-order valence-electron chi connectivity index (χ3n) is 4.96. The number of carbonyl (C=O) groups excluding carboxylic acids is 3. The van der Waals surface area contributed by atoms with Crippen LogP contribution in [-0.4, -0.2) is 49.4 Å². The Balaban J connectivity index is 1.66. The maximum absolute atomic E-state index is 13.1. The average molecular weight is 368 g/mol. The SMILES string of the molecule is COC(=O)CCNC(=O)C1CCCN(C(=O)c2cccc3ccccc23)C1. The van der Waals surface area contributed by atoms with E-state index in [0.717, 1.165) is 23.6 Å². The van der Waals surface area contributed by atoms with Crippen LogP contribution in [0.3, 0.4) is 0 Å². The van der Waals surface area contributed by atoms with Crippen LogP contribution in [0.1, 0.15) is 29.6 Å². The molecular weight excluding hydrogens is 344 g/mol. The zero-order valence-corrected chi connectivity index (χ0v) is 15.4. The molecule has 1 N–H and O–H groups in total. The summed E-state index contributed by atoms with van der Waals surface area (Å²) in [5.41, 5.74) is 0.667. The van der Waals surface area contributed by atoms with E-state index in [2.05, 4.69) is 10.1 Å². The first-order chi connectivity index (χ1) is 13.1. The molecule has 0 saturated carbocycles. The standard InChI is InChI=1S/C21H24N2O4/c1-27-19(24)11-12-22-20(25)16-8-5-13-23(14-16)21(26)18-10-4-7-15-6-2-3-9-17(15)18/h2-4,6-7,9-10,16H,5,8,11-14H2,1H3,(H,22,25). The average Bonchev–Trinajstić information content (AvgIpc) is 2.72. The molecule has 1 atom stereocenters. The number of fused-ring (bicyclic) bond motifs is 1. The second-order valence-corrected chi connectivity index (χ2v) is 6.73. The third kappa shape index (κ3) is 4.45. The molecule has 3 rings (SSSR count). The van der Waals surface area contributed by atoms with Crippen LogP contribution in [0.25, 0.3) is 10.8 Å². The normalized spacial score (nSPS) is 16.8. The predicted octanol–water partition coefficient (Wildman–Crippen LogP) is 2.37. The summed E-state index contributed by atoms with van der Waals surface area (Å²) in [4.78, 5) is 38.3. The van der Waals surface area contributed by atoms with E-state index in [0.29, 0.717) is 18.7 Å². The van der Waals surface area contributed by atoms with Crippen LogP contribution in [-0.2, 0) is 14.3 Å². The van der Waals surface area contributed by atoms with Gasteiger partial charge in [-0.1, -0.05) is 36.4 Å². The van der Waals surface area contributed by atoms with Gasteiger partial charge in [0.1, 0.15) is 0 Å². The number of methoxy groups -OCH3 is 1. The Morgan fingerprint density at radius 2 is 1.93 bits per heavy atom. The Labute approximate surface area is 158 Å². The largest absolute Gasteiger partial charge is 0.469 e. The number of nitrogens with one attached hydrogen (secondary N) is 1. The first-order valence-corrected chi connectivity index (χ1v) is 9.21. The highest BCUT2D eigenvalue weighted by molar-refractivity contribution is 6.07. The zero-order valence-electron chi connectivity index (χ0n) is 15.4. The van der Waals surface area contributed by atoms with Gasteiger partial charge in [0, 0.05) is 25.2 Å². The number of nitrogens with zero attached hydrogens (tertiary/aromatic N) is 1.